The SMILES string of the molecule is CCOC(=O)c1c(NC(=O)COC(=O)c2cnccn2)sc2c1CCC2. The normalized spacial score (nSPS) is 12.3. The third-order valence-electron chi connectivity index (χ3n) is 3.76. The Bertz CT molecular complexity index is 834. The lowest BCUT2D eigenvalue weighted by Gasteiger charge is -2.08. The summed E-state index contributed by atoms with van der Waals surface area (Å²) in [6.45, 7) is 1.50. The van der Waals surface area contributed by atoms with Crippen molar-refractivity contribution in [3.8, 4) is 0 Å². The smallest absolute Gasteiger partial charge is 0.359 e. The lowest BCUT2D eigenvalue weighted by molar-refractivity contribution is -0.119. The van der Waals surface area contributed by atoms with Gasteiger partial charge in [-0.1, -0.05) is 0 Å². The summed E-state index contributed by atoms with van der Waals surface area (Å²) in [5, 5.41) is 3.09. The molecule has 136 valence electrons. The van der Waals surface area contributed by atoms with Crippen LogP contribution in [0.2, 0.25) is 0 Å². The summed E-state index contributed by atoms with van der Waals surface area (Å²) in [5.74, 6) is -1.72. The van der Waals surface area contributed by atoms with Crippen LogP contribution in [0.1, 0.15) is 44.6 Å². The molecule has 1 amide bonds. The largest absolute Gasteiger partial charge is 0.462 e. The first kappa shape index (κ1) is 18.0. The Morgan fingerprint density at radius 2 is 2.04 bits per heavy atom. The van der Waals surface area contributed by atoms with E-state index in [-0.39, 0.29) is 12.3 Å². The van der Waals surface area contributed by atoms with Gasteiger partial charge in [-0.05, 0) is 31.7 Å². The molecule has 2 heterocycles. The molecule has 2 aromatic heterocycles. The van der Waals surface area contributed by atoms with E-state index >= 15 is 0 Å². The molecule has 1 N–H and O–H groups in total. The first-order valence-corrected chi connectivity index (χ1v) is 8.96. The first-order valence-electron chi connectivity index (χ1n) is 8.14. The summed E-state index contributed by atoms with van der Waals surface area (Å²) in [5.41, 5.74) is 1.38. The fourth-order valence-electron chi connectivity index (χ4n) is 2.68. The lowest BCUT2D eigenvalue weighted by Crippen LogP contribution is -2.22. The van der Waals surface area contributed by atoms with Gasteiger partial charge in [-0.15, -0.1) is 11.3 Å². The molecule has 26 heavy (non-hydrogen) atoms. The number of hydrogen-bond acceptors (Lipinski definition) is 8. The predicted molar refractivity (Wildman–Crippen MR) is 93.2 cm³/mol. The fourth-order valence-corrected chi connectivity index (χ4v) is 3.98. The van der Waals surface area contributed by atoms with E-state index in [1.807, 2.05) is 0 Å². The molecule has 2 aromatic rings. The molecule has 0 saturated heterocycles. The van der Waals surface area contributed by atoms with E-state index in [2.05, 4.69) is 15.3 Å². The summed E-state index contributed by atoms with van der Waals surface area (Å²) in [7, 11) is 0. The third kappa shape index (κ3) is 3.88. The summed E-state index contributed by atoms with van der Waals surface area (Å²) >= 11 is 1.37. The zero-order valence-electron chi connectivity index (χ0n) is 14.1. The van der Waals surface area contributed by atoms with Gasteiger partial charge in [-0.2, -0.15) is 0 Å². The number of nitrogens with one attached hydrogen (secondary N) is 1. The van der Waals surface area contributed by atoms with Crippen molar-refractivity contribution in [2.45, 2.75) is 26.2 Å². The molecule has 0 fully saturated rings. The lowest BCUT2D eigenvalue weighted by atomic mass is 10.1. The van der Waals surface area contributed by atoms with Crippen LogP contribution in [0.5, 0.6) is 0 Å². The van der Waals surface area contributed by atoms with Crippen LogP contribution in [0, 0.1) is 0 Å². The van der Waals surface area contributed by atoms with Gasteiger partial charge in [0, 0.05) is 17.3 Å². The van der Waals surface area contributed by atoms with Gasteiger partial charge < -0.3 is 14.8 Å². The molecule has 0 aliphatic heterocycles. The van der Waals surface area contributed by atoms with Gasteiger partial charge in [-0.25, -0.2) is 14.6 Å². The van der Waals surface area contributed by atoms with E-state index < -0.39 is 24.5 Å². The number of ether oxygens (including phenoxy) is 2. The number of amides is 1. The average molecular weight is 375 g/mol. The number of carbonyl (C=O) groups is 3. The van der Waals surface area contributed by atoms with Crippen molar-refractivity contribution in [3.05, 3.63) is 40.3 Å². The van der Waals surface area contributed by atoms with Gasteiger partial charge in [0.05, 0.1) is 18.4 Å². The number of aryl methyl sites for hydroxylation is 1. The van der Waals surface area contributed by atoms with Crippen molar-refractivity contribution in [1.29, 1.82) is 0 Å². The van der Waals surface area contributed by atoms with Crippen LogP contribution in [0.4, 0.5) is 5.00 Å². The molecule has 0 bridgehead atoms. The highest BCUT2D eigenvalue weighted by Gasteiger charge is 2.28. The number of anilines is 1. The van der Waals surface area contributed by atoms with Crippen molar-refractivity contribution in [2.75, 3.05) is 18.5 Å². The second kappa shape index (κ2) is 8.05. The van der Waals surface area contributed by atoms with Crippen LogP contribution in [-0.4, -0.2) is 41.0 Å². The van der Waals surface area contributed by atoms with E-state index in [4.69, 9.17) is 9.47 Å². The zero-order chi connectivity index (χ0) is 18.5. The molecular weight excluding hydrogens is 358 g/mol. The van der Waals surface area contributed by atoms with E-state index in [9.17, 15) is 14.4 Å². The maximum atomic E-state index is 12.3. The Morgan fingerprint density at radius 1 is 1.19 bits per heavy atom. The number of thiophene rings is 1. The maximum absolute atomic E-state index is 12.3. The van der Waals surface area contributed by atoms with E-state index in [1.165, 1.54) is 29.9 Å². The highest BCUT2D eigenvalue weighted by Crippen LogP contribution is 2.39. The van der Waals surface area contributed by atoms with Crippen molar-refractivity contribution >= 4 is 34.2 Å². The van der Waals surface area contributed by atoms with Crippen LogP contribution < -0.4 is 5.32 Å². The summed E-state index contributed by atoms with van der Waals surface area (Å²) in [4.78, 5) is 44.8. The second-order valence-corrected chi connectivity index (χ2v) is 6.60. The second-order valence-electron chi connectivity index (χ2n) is 5.50. The number of fused-ring (bicyclic) bond motifs is 1. The van der Waals surface area contributed by atoms with Crippen molar-refractivity contribution in [2.24, 2.45) is 0 Å². The standard InChI is InChI=1S/C17H17N3O5S/c1-2-24-17(23)14-10-4-3-5-12(10)26-15(14)20-13(21)9-25-16(22)11-8-18-6-7-19-11/h6-8H,2-5,9H2,1H3,(H,20,21). The first-order chi connectivity index (χ1) is 12.6. The van der Waals surface area contributed by atoms with Gasteiger partial charge in [0.15, 0.2) is 12.3 Å². The molecule has 3 rings (SSSR count). The van der Waals surface area contributed by atoms with Gasteiger partial charge >= 0.3 is 11.9 Å². The number of rotatable bonds is 6. The fraction of sp³-hybridized carbons (Fsp3) is 0.353. The molecule has 9 heteroatoms. The molecule has 1 aliphatic carbocycles. The minimum atomic E-state index is -0.743. The van der Waals surface area contributed by atoms with Crippen LogP contribution in [-0.2, 0) is 27.1 Å². The molecule has 0 saturated carbocycles. The number of carbonyl (C=O) groups excluding carboxylic acids is 3. The Balaban J connectivity index is 1.66. The quantitative estimate of drug-likeness (QED) is 0.769. The molecule has 1 aliphatic rings. The maximum Gasteiger partial charge on any atom is 0.359 e. The monoisotopic (exact) mass is 375 g/mol. The average Bonchev–Trinajstić information content (AvgIpc) is 3.21. The van der Waals surface area contributed by atoms with Crippen molar-refractivity contribution in [1.82, 2.24) is 9.97 Å². The number of nitrogens with zero attached hydrogens (tertiary/aromatic N) is 2. The van der Waals surface area contributed by atoms with Crippen LogP contribution in [0.3, 0.4) is 0 Å². The van der Waals surface area contributed by atoms with Crippen LogP contribution in [0.25, 0.3) is 0 Å². The Kier molecular flexibility index (Phi) is 5.57. The van der Waals surface area contributed by atoms with Crippen molar-refractivity contribution < 1.29 is 23.9 Å². The van der Waals surface area contributed by atoms with Crippen LogP contribution in [0.15, 0.2) is 18.6 Å². The third-order valence-corrected chi connectivity index (χ3v) is 4.97. The van der Waals surface area contributed by atoms with Crippen molar-refractivity contribution in [3.63, 3.8) is 0 Å². The molecule has 8 nitrogen and oxygen atoms in total. The molecule has 0 aromatic carbocycles. The van der Waals surface area contributed by atoms with Crippen LogP contribution >= 0.6 is 11.3 Å². The highest BCUT2D eigenvalue weighted by molar-refractivity contribution is 7.17. The summed E-state index contributed by atoms with van der Waals surface area (Å²) < 4.78 is 10.0. The Hall–Kier alpha value is -2.81. The number of hydrogen-bond donors (Lipinski definition) is 1. The minimum absolute atomic E-state index is 0.0163. The van der Waals surface area contributed by atoms with Gasteiger partial charge in [0.1, 0.15) is 5.00 Å². The minimum Gasteiger partial charge on any atom is -0.462 e. The highest BCUT2D eigenvalue weighted by atomic mass is 32.1. The number of esters is 2. The summed E-state index contributed by atoms with van der Waals surface area (Å²) in [6.07, 6.45) is 6.69. The zero-order valence-corrected chi connectivity index (χ0v) is 14.9. The predicted octanol–water partition coefficient (Wildman–Crippen LogP) is 2.00. The molecule has 0 spiro atoms. The van der Waals surface area contributed by atoms with E-state index in [0.717, 1.165) is 29.7 Å². The van der Waals surface area contributed by atoms with Gasteiger partial charge in [0.2, 0.25) is 0 Å². The van der Waals surface area contributed by atoms with Gasteiger partial charge in [0.25, 0.3) is 5.91 Å². The van der Waals surface area contributed by atoms with Gasteiger partial charge in [-0.3, -0.25) is 9.78 Å². The molecule has 0 unspecified atom stereocenters. The Morgan fingerprint density at radius 3 is 2.77 bits per heavy atom. The summed E-state index contributed by atoms with van der Waals surface area (Å²) in [6, 6.07) is 0. The van der Waals surface area contributed by atoms with E-state index in [1.54, 1.807) is 6.92 Å². The number of aromatic nitrogens is 2. The molecule has 0 atom stereocenters. The van der Waals surface area contributed by atoms with E-state index in [0.29, 0.717) is 10.6 Å². The Labute approximate surface area is 153 Å². The molecular formula is C17H17N3O5S. The molecule has 0 radical (unpaired) electrons. The topological polar surface area (TPSA) is 107 Å².